The molecule has 26 heavy (non-hydrogen) atoms. The first-order valence-electron chi connectivity index (χ1n) is 8.06. The highest BCUT2D eigenvalue weighted by atomic mass is 19.4. The summed E-state index contributed by atoms with van der Waals surface area (Å²) in [5, 5.41) is 7.07. The quantitative estimate of drug-likeness (QED) is 0.877. The van der Waals surface area contributed by atoms with Crippen LogP contribution in [0.15, 0.2) is 35.1 Å². The van der Waals surface area contributed by atoms with Gasteiger partial charge >= 0.3 is 6.18 Å². The van der Waals surface area contributed by atoms with Crippen LogP contribution in [0.3, 0.4) is 0 Å². The SMILES string of the molecule is Cc1cc(=O)c(C(=O)N2CCNCC2)nn1-c1ccccc1C(F)(F)F. The van der Waals surface area contributed by atoms with Crippen molar-refractivity contribution < 1.29 is 18.0 Å². The molecule has 1 aromatic carbocycles. The van der Waals surface area contributed by atoms with Gasteiger partial charge in [-0.2, -0.15) is 18.3 Å². The van der Waals surface area contributed by atoms with E-state index in [9.17, 15) is 22.8 Å². The Morgan fingerprint density at radius 2 is 1.85 bits per heavy atom. The second-order valence-electron chi connectivity index (χ2n) is 5.97. The zero-order valence-corrected chi connectivity index (χ0v) is 14.0. The first-order chi connectivity index (χ1) is 12.3. The van der Waals surface area contributed by atoms with E-state index in [1.807, 2.05) is 0 Å². The molecule has 9 heteroatoms. The molecule has 2 heterocycles. The fraction of sp³-hybridized carbons (Fsp3) is 0.353. The molecule has 1 aliphatic rings. The Kier molecular flexibility index (Phi) is 4.82. The van der Waals surface area contributed by atoms with Crippen molar-refractivity contribution in [2.45, 2.75) is 13.1 Å². The number of aromatic nitrogens is 2. The lowest BCUT2D eigenvalue weighted by molar-refractivity contribution is -0.137. The standard InChI is InChI=1S/C17H17F3N4O2/c1-11-10-14(25)15(16(26)23-8-6-21-7-9-23)22-24(11)13-5-3-2-4-12(13)17(18,19)20/h2-5,10,21H,6-9H2,1H3. The molecule has 0 radical (unpaired) electrons. The summed E-state index contributed by atoms with van der Waals surface area (Å²) in [4.78, 5) is 26.3. The van der Waals surface area contributed by atoms with Crippen LogP contribution in [0.25, 0.3) is 5.69 Å². The number of carbonyl (C=O) groups is 1. The number of piperazine rings is 1. The third kappa shape index (κ3) is 3.48. The van der Waals surface area contributed by atoms with E-state index < -0.39 is 23.1 Å². The van der Waals surface area contributed by atoms with Gasteiger partial charge in [-0.3, -0.25) is 9.59 Å². The van der Waals surface area contributed by atoms with Crippen LogP contribution in [0.5, 0.6) is 0 Å². The van der Waals surface area contributed by atoms with Crippen molar-refractivity contribution in [3.8, 4) is 5.69 Å². The first kappa shape index (κ1) is 18.1. The maximum atomic E-state index is 13.3. The minimum absolute atomic E-state index is 0.212. The summed E-state index contributed by atoms with van der Waals surface area (Å²) in [6.07, 6.45) is -4.59. The second-order valence-corrected chi connectivity index (χ2v) is 5.97. The van der Waals surface area contributed by atoms with Gasteiger partial charge in [0.1, 0.15) is 0 Å². The molecule has 1 saturated heterocycles. The lowest BCUT2D eigenvalue weighted by Crippen LogP contribution is -2.48. The molecular weight excluding hydrogens is 349 g/mol. The monoisotopic (exact) mass is 366 g/mol. The van der Waals surface area contributed by atoms with E-state index in [1.165, 1.54) is 30.0 Å². The molecule has 1 aromatic heterocycles. The minimum Gasteiger partial charge on any atom is -0.335 e. The zero-order valence-electron chi connectivity index (χ0n) is 14.0. The van der Waals surface area contributed by atoms with Crippen molar-refractivity contribution in [2.75, 3.05) is 26.2 Å². The van der Waals surface area contributed by atoms with E-state index >= 15 is 0 Å². The number of rotatable bonds is 2. The van der Waals surface area contributed by atoms with Crippen LogP contribution >= 0.6 is 0 Å². The maximum Gasteiger partial charge on any atom is 0.418 e. The summed E-state index contributed by atoms with van der Waals surface area (Å²) in [6.45, 7) is 3.46. The Morgan fingerprint density at radius 3 is 2.50 bits per heavy atom. The molecule has 1 aliphatic heterocycles. The molecule has 0 saturated carbocycles. The normalized spacial score (nSPS) is 15.2. The summed E-state index contributed by atoms with van der Waals surface area (Å²) >= 11 is 0. The van der Waals surface area contributed by atoms with Gasteiger partial charge in [-0.05, 0) is 19.1 Å². The minimum atomic E-state index is -4.59. The van der Waals surface area contributed by atoms with Crippen molar-refractivity contribution in [3.05, 3.63) is 57.5 Å². The highest BCUT2D eigenvalue weighted by molar-refractivity contribution is 5.92. The smallest absolute Gasteiger partial charge is 0.335 e. The summed E-state index contributed by atoms with van der Waals surface area (Å²) in [5.74, 6) is -0.574. The van der Waals surface area contributed by atoms with Crippen molar-refractivity contribution in [1.82, 2.24) is 20.0 Å². The molecular formula is C17H17F3N4O2. The third-order valence-electron chi connectivity index (χ3n) is 4.15. The van der Waals surface area contributed by atoms with E-state index in [0.29, 0.717) is 26.2 Å². The number of nitrogens with zero attached hydrogens (tertiary/aromatic N) is 3. The van der Waals surface area contributed by atoms with Crippen LogP contribution in [0.4, 0.5) is 13.2 Å². The number of amides is 1. The fourth-order valence-electron chi connectivity index (χ4n) is 2.86. The zero-order chi connectivity index (χ0) is 18.9. The van der Waals surface area contributed by atoms with Crippen LogP contribution in [0.1, 0.15) is 21.7 Å². The molecule has 0 spiro atoms. The van der Waals surface area contributed by atoms with E-state index in [2.05, 4.69) is 10.4 Å². The van der Waals surface area contributed by atoms with Gasteiger partial charge in [0.15, 0.2) is 5.69 Å². The highest BCUT2D eigenvalue weighted by Crippen LogP contribution is 2.33. The van der Waals surface area contributed by atoms with Crippen molar-refractivity contribution in [1.29, 1.82) is 0 Å². The van der Waals surface area contributed by atoms with Crippen LogP contribution in [0, 0.1) is 6.92 Å². The molecule has 2 aromatic rings. The van der Waals surface area contributed by atoms with Crippen LogP contribution in [-0.2, 0) is 6.18 Å². The summed E-state index contributed by atoms with van der Waals surface area (Å²) in [7, 11) is 0. The van der Waals surface area contributed by atoms with Gasteiger partial charge in [0.25, 0.3) is 5.91 Å². The van der Waals surface area contributed by atoms with Crippen LogP contribution < -0.4 is 10.7 Å². The van der Waals surface area contributed by atoms with Crippen LogP contribution in [-0.4, -0.2) is 46.8 Å². The molecule has 138 valence electrons. The molecule has 0 bridgehead atoms. The van der Waals surface area contributed by atoms with E-state index in [1.54, 1.807) is 0 Å². The van der Waals surface area contributed by atoms with Gasteiger partial charge in [0.2, 0.25) is 5.43 Å². The van der Waals surface area contributed by atoms with Crippen molar-refractivity contribution in [3.63, 3.8) is 0 Å². The molecule has 1 amide bonds. The number of para-hydroxylation sites is 1. The third-order valence-corrected chi connectivity index (χ3v) is 4.15. The number of hydrogen-bond acceptors (Lipinski definition) is 4. The number of carbonyl (C=O) groups excluding carboxylic acids is 1. The van der Waals surface area contributed by atoms with E-state index in [0.717, 1.165) is 16.8 Å². The van der Waals surface area contributed by atoms with Gasteiger partial charge in [-0.25, -0.2) is 4.68 Å². The molecule has 0 unspecified atom stereocenters. The van der Waals surface area contributed by atoms with Gasteiger partial charge in [0, 0.05) is 37.9 Å². The Labute approximate surface area is 147 Å². The average molecular weight is 366 g/mol. The Bertz CT molecular complexity index is 886. The van der Waals surface area contributed by atoms with Gasteiger partial charge in [0.05, 0.1) is 11.3 Å². The number of hydrogen-bond donors (Lipinski definition) is 1. The van der Waals surface area contributed by atoms with Crippen LogP contribution in [0.2, 0.25) is 0 Å². The number of alkyl halides is 3. The molecule has 1 N–H and O–H groups in total. The van der Waals surface area contributed by atoms with Crippen molar-refractivity contribution in [2.24, 2.45) is 0 Å². The van der Waals surface area contributed by atoms with Gasteiger partial charge < -0.3 is 10.2 Å². The van der Waals surface area contributed by atoms with Gasteiger partial charge in [-0.15, -0.1) is 0 Å². The Hall–Kier alpha value is -2.68. The number of halogens is 3. The largest absolute Gasteiger partial charge is 0.418 e. The maximum absolute atomic E-state index is 13.3. The second kappa shape index (κ2) is 6.91. The lowest BCUT2D eigenvalue weighted by atomic mass is 10.1. The molecule has 0 aliphatic carbocycles. The topological polar surface area (TPSA) is 67.2 Å². The van der Waals surface area contributed by atoms with E-state index in [4.69, 9.17) is 0 Å². The molecule has 0 atom stereocenters. The number of aryl methyl sites for hydroxylation is 1. The fourth-order valence-corrected chi connectivity index (χ4v) is 2.86. The summed E-state index contributed by atoms with van der Waals surface area (Å²) in [6, 6.07) is 6.05. The number of benzene rings is 1. The van der Waals surface area contributed by atoms with Crippen molar-refractivity contribution >= 4 is 5.91 Å². The first-order valence-corrected chi connectivity index (χ1v) is 8.06. The summed E-state index contributed by atoms with van der Waals surface area (Å²) in [5.41, 5.74) is -1.89. The number of nitrogens with one attached hydrogen (secondary N) is 1. The van der Waals surface area contributed by atoms with E-state index in [-0.39, 0.29) is 17.1 Å². The molecule has 6 nitrogen and oxygen atoms in total. The lowest BCUT2D eigenvalue weighted by Gasteiger charge is -2.27. The van der Waals surface area contributed by atoms with Gasteiger partial charge in [-0.1, -0.05) is 12.1 Å². The highest BCUT2D eigenvalue weighted by Gasteiger charge is 2.34. The Balaban J connectivity index is 2.10. The molecule has 3 rings (SSSR count). The molecule has 1 fully saturated rings. The predicted molar refractivity (Wildman–Crippen MR) is 88.3 cm³/mol. The summed E-state index contributed by atoms with van der Waals surface area (Å²) < 4.78 is 40.9. The Morgan fingerprint density at radius 1 is 1.19 bits per heavy atom. The predicted octanol–water partition coefficient (Wildman–Crippen LogP) is 1.61. The average Bonchev–Trinajstić information content (AvgIpc) is 2.61.